The molecule has 0 atom stereocenters. The van der Waals surface area contributed by atoms with Crippen molar-refractivity contribution in [2.45, 2.75) is 0 Å². The summed E-state index contributed by atoms with van der Waals surface area (Å²) in [6.45, 7) is 0. The first-order valence-electron chi connectivity index (χ1n) is 6.36. The molecule has 21 heavy (non-hydrogen) atoms. The molecular weight excluding hydrogens is 304 g/mol. The molecule has 5 heteroatoms. The second-order valence-corrected chi connectivity index (χ2v) is 6.63. The number of aliphatic carboxylic acids is 1. The van der Waals surface area contributed by atoms with Crippen molar-refractivity contribution in [2.75, 3.05) is 11.5 Å². The van der Waals surface area contributed by atoms with Gasteiger partial charge in [-0.1, -0.05) is 48.6 Å². The second-order valence-electron chi connectivity index (χ2n) is 4.16. The molecule has 1 aromatic carbocycles. The van der Waals surface area contributed by atoms with Crippen LogP contribution in [0.1, 0.15) is 5.56 Å². The Bertz CT molecular complexity index is 608. The van der Waals surface area contributed by atoms with Crippen molar-refractivity contribution in [1.82, 2.24) is 0 Å². The number of hydrogen-bond acceptors (Lipinski definition) is 4. The molecule has 1 N–H and O–H groups in total. The van der Waals surface area contributed by atoms with Crippen LogP contribution in [0.3, 0.4) is 0 Å². The zero-order valence-electron chi connectivity index (χ0n) is 11.2. The van der Waals surface area contributed by atoms with E-state index < -0.39 is 11.8 Å². The molecule has 0 saturated carbocycles. The highest BCUT2D eigenvalue weighted by molar-refractivity contribution is 8.25. The minimum absolute atomic E-state index is 0.119. The summed E-state index contributed by atoms with van der Waals surface area (Å²) in [6, 6.07) is 9.68. The number of rotatable bonds is 5. The van der Waals surface area contributed by atoms with E-state index in [1.165, 1.54) is 29.6 Å². The maximum atomic E-state index is 12.0. The minimum atomic E-state index is -1.16. The van der Waals surface area contributed by atoms with Crippen molar-refractivity contribution in [1.29, 1.82) is 0 Å². The van der Waals surface area contributed by atoms with Gasteiger partial charge in [-0.3, -0.25) is 4.79 Å². The quantitative estimate of drug-likeness (QED) is 0.389. The Morgan fingerprint density at radius 2 is 1.71 bits per heavy atom. The van der Waals surface area contributed by atoms with Gasteiger partial charge in [-0.05, 0) is 11.6 Å². The van der Waals surface area contributed by atoms with Crippen molar-refractivity contribution in [3.8, 4) is 0 Å². The summed E-state index contributed by atoms with van der Waals surface area (Å²) in [7, 11) is 0. The SMILES string of the molecule is O=C(O)C(C(=O)C=CC=Cc1ccccc1)=C1SCCS1. The Kier molecular flexibility index (Phi) is 5.90. The maximum Gasteiger partial charge on any atom is 0.341 e. The summed E-state index contributed by atoms with van der Waals surface area (Å²) >= 11 is 2.86. The van der Waals surface area contributed by atoms with Crippen LogP contribution < -0.4 is 0 Å². The zero-order chi connectivity index (χ0) is 15.1. The topological polar surface area (TPSA) is 54.4 Å². The lowest BCUT2D eigenvalue weighted by atomic mass is 10.1. The molecular formula is C16H14O3S2. The number of allylic oxidation sites excluding steroid dienone is 3. The van der Waals surface area contributed by atoms with Gasteiger partial charge in [0.05, 0.1) is 4.24 Å². The van der Waals surface area contributed by atoms with Crippen LogP contribution in [-0.4, -0.2) is 28.4 Å². The highest BCUT2D eigenvalue weighted by Crippen LogP contribution is 2.39. The van der Waals surface area contributed by atoms with E-state index >= 15 is 0 Å². The van der Waals surface area contributed by atoms with Gasteiger partial charge in [-0.2, -0.15) is 0 Å². The van der Waals surface area contributed by atoms with Gasteiger partial charge in [-0.25, -0.2) is 4.79 Å². The van der Waals surface area contributed by atoms with Crippen molar-refractivity contribution in [3.63, 3.8) is 0 Å². The molecule has 1 fully saturated rings. The van der Waals surface area contributed by atoms with Gasteiger partial charge in [-0.15, -0.1) is 23.5 Å². The summed E-state index contributed by atoms with van der Waals surface area (Å²) < 4.78 is 0.615. The fourth-order valence-electron chi connectivity index (χ4n) is 1.71. The van der Waals surface area contributed by atoms with Gasteiger partial charge in [0, 0.05) is 11.5 Å². The highest BCUT2D eigenvalue weighted by atomic mass is 32.2. The number of carbonyl (C=O) groups is 2. The van der Waals surface area contributed by atoms with Crippen LogP contribution in [0.2, 0.25) is 0 Å². The van der Waals surface area contributed by atoms with Crippen LogP contribution in [0.4, 0.5) is 0 Å². The van der Waals surface area contributed by atoms with Crippen LogP contribution >= 0.6 is 23.5 Å². The molecule has 0 unspecified atom stereocenters. The number of ketones is 1. The summed E-state index contributed by atoms with van der Waals surface area (Å²) in [5.41, 5.74) is 0.903. The third kappa shape index (κ3) is 4.65. The summed E-state index contributed by atoms with van der Waals surface area (Å²) in [5, 5.41) is 9.18. The van der Waals surface area contributed by atoms with Crippen molar-refractivity contribution in [2.24, 2.45) is 0 Å². The number of carbonyl (C=O) groups excluding carboxylic acids is 1. The highest BCUT2D eigenvalue weighted by Gasteiger charge is 2.23. The van der Waals surface area contributed by atoms with Crippen molar-refractivity contribution < 1.29 is 14.7 Å². The first kappa shape index (κ1) is 15.7. The molecule has 1 heterocycles. The standard InChI is InChI=1S/C16H14O3S2/c17-13(14(15(18)19)16-20-10-11-21-16)9-5-4-8-12-6-2-1-3-7-12/h1-9H,10-11H2,(H,18,19). The van der Waals surface area contributed by atoms with E-state index in [1.54, 1.807) is 12.2 Å². The smallest absolute Gasteiger partial charge is 0.341 e. The molecule has 0 aromatic heterocycles. The molecule has 0 aliphatic carbocycles. The molecule has 0 amide bonds. The van der Waals surface area contributed by atoms with Gasteiger partial charge in [0.15, 0.2) is 5.78 Å². The summed E-state index contributed by atoms with van der Waals surface area (Å²) in [4.78, 5) is 23.2. The van der Waals surface area contributed by atoms with Crippen LogP contribution in [0.25, 0.3) is 6.08 Å². The zero-order valence-corrected chi connectivity index (χ0v) is 12.8. The third-order valence-corrected chi connectivity index (χ3v) is 5.38. The molecule has 3 nitrogen and oxygen atoms in total. The van der Waals surface area contributed by atoms with Crippen molar-refractivity contribution in [3.05, 3.63) is 63.9 Å². The molecule has 1 aliphatic rings. The van der Waals surface area contributed by atoms with E-state index in [2.05, 4.69) is 0 Å². The van der Waals surface area contributed by atoms with Crippen LogP contribution in [0.5, 0.6) is 0 Å². The monoisotopic (exact) mass is 318 g/mol. The lowest BCUT2D eigenvalue weighted by Gasteiger charge is -2.00. The molecule has 2 rings (SSSR count). The molecule has 1 aromatic rings. The molecule has 0 bridgehead atoms. The van der Waals surface area contributed by atoms with Gasteiger partial charge < -0.3 is 5.11 Å². The average molecular weight is 318 g/mol. The van der Waals surface area contributed by atoms with E-state index in [9.17, 15) is 14.7 Å². The molecule has 0 radical (unpaired) electrons. The lowest BCUT2D eigenvalue weighted by Crippen LogP contribution is -2.11. The van der Waals surface area contributed by atoms with Crippen molar-refractivity contribution >= 4 is 41.4 Å². The van der Waals surface area contributed by atoms with E-state index in [-0.39, 0.29) is 5.57 Å². The van der Waals surface area contributed by atoms with Gasteiger partial charge in [0.25, 0.3) is 0 Å². The van der Waals surface area contributed by atoms with E-state index in [1.807, 2.05) is 36.4 Å². The fraction of sp³-hybridized carbons (Fsp3) is 0.125. The van der Waals surface area contributed by atoms with E-state index in [0.717, 1.165) is 17.1 Å². The maximum absolute atomic E-state index is 12.0. The summed E-state index contributed by atoms with van der Waals surface area (Å²) in [6.07, 6.45) is 6.46. The number of carboxylic acid groups (broad SMARTS) is 1. The Labute approximate surface area is 131 Å². The van der Waals surface area contributed by atoms with Gasteiger partial charge in [0.2, 0.25) is 0 Å². The van der Waals surface area contributed by atoms with Crippen LogP contribution in [-0.2, 0) is 9.59 Å². The van der Waals surface area contributed by atoms with Gasteiger partial charge in [0.1, 0.15) is 5.57 Å². The Balaban J connectivity index is 2.06. The number of carboxylic acids is 1. The molecule has 0 spiro atoms. The Morgan fingerprint density at radius 1 is 1.05 bits per heavy atom. The average Bonchev–Trinajstić information content (AvgIpc) is 2.98. The predicted octanol–water partition coefficient (Wildman–Crippen LogP) is 3.60. The largest absolute Gasteiger partial charge is 0.477 e. The predicted molar refractivity (Wildman–Crippen MR) is 89.2 cm³/mol. The molecule has 1 saturated heterocycles. The molecule has 108 valence electrons. The fourth-order valence-corrected chi connectivity index (χ4v) is 4.24. The third-order valence-electron chi connectivity index (χ3n) is 2.66. The molecule has 1 aliphatic heterocycles. The number of thioether (sulfide) groups is 2. The Hall–Kier alpha value is -1.72. The number of benzene rings is 1. The second kappa shape index (κ2) is 7.90. The van der Waals surface area contributed by atoms with Gasteiger partial charge >= 0.3 is 5.97 Å². The van der Waals surface area contributed by atoms with E-state index in [4.69, 9.17) is 0 Å². The van der Waals surface area contributed by atoms with Crippen LogP contribution in [0, 0.1) is 0 Å². The minimum Gasteiger partial charge on any atom is -0.477 e. The first-order chi connectivity index (χ1) is 10.2. The lowest BCUT2D eigenvalue weighted by molar-refractivity contribution is -0.134. The number of hydrogen-bond donors (Lipinski definition) is 1. The normalized spacial score (nSPS) is 15.0. The Morgan fingerprint density at radius 3 is 2.33 bits per heavy atom. The summed E-state index contributed by atoms with van der Waals surface area (Å²) in [5.74, 6) is 0.0781. The van der Waals surface area contributed by atoms with E-state index in [0.29, 0.717) is 4.24 Å². The van der Waals surface area contributed by atoms with Crippen LogP contribution in [0.15, 0.2) is 58.4 Å². The first-order valence-corrected chi connectivity index (χ1v) is 8.33.